The monoisotopic (exact) mass is 429 g/mol. The quantitative estimate of drug-likeness (QED) is 0.405. The third-order valence-corrected chi connectivity index (χ3v) is 6.44. The number of sulfonamides is 1. The Labute approximate surface area is 175 Å². The van der Waals surface area contributed by atoms with Crippen molar-refractivity contribution in [2.45, 2.75) is 18.2 Å². The molecule has 5 nitrogen and oxygen atoms in total. The Morgan fingerprint density at radius 2 is 1.90 bits per heavy atom. The number of aryl methyl sites for hydroxylation is 1. The van der Waals surface area contributed by atoms with Crippen LogP contribution in [0.3, 0.4) is 0 Å². The van der Waals surface area contributed by atoms with Crippen LogP contribution in [0.1, 0.15) is 22.8 Å². The first-order valence-electron chi connectivity index (χ1n) is 8.86. The maximum atomic E-state index is 12.4. The largest absolute Gasteiger partial charge is 0.478 e. The van der Waals surface area contributed by atoms with Crippen LogP contribution in [-0.2, 0) is 16.4 Å². The smallest absolute Gasteiger partial charge is 0.337 e. The number of carbonyl (C=O) groups is 1. The van der Waals surface area contributed by atoms with E-state index in [1.807, 2.05) is 30.3 Å². The molecule has 7 heteroatoms. The van der Waals surface area contributed by atoms with Gasteiger partial charge in [0.2, 0.25) is 0 Å². The predicted molar refractivity (Wildman–Crippen MR) is 120 cm³/mol. The lowest BCUT2D eigenvalue weighted by atomic mass is 10.2. The number of carboxylic acid groups (broad SMARTS) is 1. The van der Waals surface area contributed by atoms with Gasteiger partial charge in [-0.1, -0.05) is 55.1 Å². The van der Waals surface area contributed by atoms with Gasteiger partial charge < -0.3 is 5.11 Å². The van der Waals surface area contributed by atoms with Crippen molar-refractivity contribution in [2.75, 3.05) is 10.5 Å². The van der Waals surface area contributed by atoms with Gasteiger partial charge >= 0.3 is 5.97 Å². The Morgan fingerprint density at radius 1 is 1.17 bits per heavy atom. The van der Waals surface area contributed by atoms with Crippen LogP contribution in [-0.4, -0.2) is 25.2 Å². The Balaban J connectivity index is 2.14. The molecule has 29 heavy (non-hydrogen) atoms. The van der Waals surface area contributed by atoms with Gasteiger partial charge in [-0.3, -0.25) is 4.72 Å². The molecule has 0 fully saturated rings. The second-order valence-electron chi connectivity index (χ2n) is 6.10. The number of nitrogens with one attached hydrogen (secondary N) is 1. The summed E-state index contributed by atoms with van der Waals surface area (Å²) in [5.41, 5.74) is 1.15. The van der Waals surface area contributed by atoms with Crippen LogP contribution in [0, 0.1) is 0 Å². The minimum atomic E-state index is -3.86. The van der Waals surface area contributed by atoms with Crippen molar-refractivity contribution in [3.05, 3.63) is 95.4 Å². The van der Waals surface area contributed by atoms with Crippen molar-refractivity contribution < 1.29 is 18.3 Å². The highest BCUT2D eigenvalue weighted by molar-refractivity contribution is 7.99. The van der Waals surface area contributed by atoms with E-state index in [1.54, 1.807) is 18.2 Å². The van der Waals surface area contributed by atoms with E-state index in [0.717, 1.165) is 17.1 Å². The molecule has 0 saturated carbocycles. The molecule has 0 atom stereocenters. The molecular formula is C22H23NO4S2. The number of aromatic carboxylic acids is 1. The molecule has 0 aromatic heterocycles. The van der Waals surface area contributed by atoms with Crippen LogP contribution < -0.4 is 4.72 Å². The fourth-order valence-electron chi connectivity index (χ4n) is 2.39. The molecule has 2 aromatic rings. The fourth-order valence-corrected chi connectivity index (χ4v) is 4.22. The Kier molecular flexibility index (Phi) is 8.30. The number of hydrogen-bond donors (Lipinski definition) is 2. The van der Waals surface area contributed by atoms with Crippen LogP contribution in [0.5, 0.6) is 0 Å². The second kappa shape index (κ2) is 10.7. The molecule has 0 aliphatic rings. The predicted octanol–water partition coefficient (Wildman–Crippen LogP) is 5.11. The van der Waals surface area contributed by atoms with Crippen molar-refractivity contribution in [1.29, 1.82) is 0 Å². The van der Waals surface area contributed by atoms with Crippen molar-refractivity contribution >= 4 is 33.4 Å². The van der Waals surface area contributed by atoms with Gasteiger partial charge in [-0.15, -0.1) is 11.8 Å². The van der Waals surface area contributed by atoms with E-state index in [9.17, 15) is 18.3 Å². The second-order valence-corrected chi connectivity index (χ2v) is 9.12. The lowest BCUT2D eigenvalue weighted by Gasteiger charge is -2.12. The summed E-state index contributed by atoms with van der Waals surface area (Å²) in [6.45, 7) is 4.95. The van der Waals surface area contributed by atoms with Gasteiger partial charge in [0.05, 0.1) is 16.2 Å². The Morgan fingerprint density at radius 3 is 2.55 bits per heavy atom. The van der Waals surface area contributed by atoms with Gasteiger partial charge in [0.25, 0.3) is 10.0 Å². The van der Waals surface area contributed by atoms with Crippen molar-refractivity contribution in [1.82, 2.24) is 0 Å². The summed E-state index contributed by atoms with van der Waals surface area (Å²) >= 11 is 1.52. The van der Waals surface area contributed by atoms with Gasteiger partial charge in [-0.25, -0.2) is 13.2 Å². The van der Waals surface area contributed by atoms with Crippen LogP contribution >= 0.6 is 11.8 Å². The van der Waals surface area contributed by atoms with E-state index >= 15 is 0 Å². The zero-order valence-electron chi connectivity index (χ0n) is 16.0. The fraction of sp³-hybridized carbons (Fsp3) is 0.136. The van der Waals surface area contributed by atoms with Crippen molar-refractivity contribution in [3.8, 4) is 0 Å². The zero-order valence-corrected chi connectivity index (χ0v) is 17.7. The summed E-state index contributed by atoms with van der Waals surface area (Å²) in [7, 11) is -3.86. The average molecular weight is 430 g/mol. The van der Waals surface area contributed by atoms with Crippen LogP contribution in [0.2, 0.25) is 0 Å². The molecule has 0 amide bonds. The summed E-state index contributed by atoms with van der Waals surface area (Å²) < 4.78 is 27.2. The van der Waals surface area contributed by atoms with Crippen molar-refractivity contribution in [3.63, 3.8) is 0 Å². The summed E-state index contributed by atoms with van der Waals surface area (Å²) in [6, 6.07) is 14.7. The van der Waals surface area contributed by atoms with Gasteiger partial charge in [0.1, 0.15) is 0 Å². The van der Waals surface area contributed by atoms with Gasteiger partial charge in [-0.05, 0) is 43.2 Å². The summed E-state index contributed by atoms with van der Waals surface area (Å²) in [4.78, 5) is 12.5. The van der Waals surface area contributed by atoms with E-state index in [1.165, 1.54) is 48.5 Å². The molecule has 0 radical (unpaired) electrons. The number of allylic oxidation sites excluding steroid dienone is 5. The maximum Gasteiger partial charge on any atom is 0.337 e. The minimum absolute atomic E-state index is 0.0327. The third kappa shape index (κ3) is 6.96. The highest BCUT2D eigenvalue weighted by Gasteiger charge is 2.18. The minimum Gasteiger partial charge on any atom is -0.478 e. The third-order valence-electron chi connectivity index (χ3n) is 3.97. The topological polar surface area (TPSA) is 83.5 Å². The maximum absolute atomic E-state index is 12.4. The molecule has 0 bridgehead atoms. The first-order chi connectivity index (χ1) is 13.8. The molecule has 2 aromatic carbocycles. The van der Waals surface area contributed by atoms with Gasteiger partial charge in [0.15, 0.2) is 0 Å². The molecule has 0 saturated heterocycles. The van der Waals surface area contributed by atoms with E-state index in [2.05, 4.69) is 11.3 Å². The van der Waals surface area contributed by atoms with Gasteiger partial charge in [-0.2, -0.15) is 0 Å². The normalized spacial score (nSPS) is 12.1. The first kappa shape index (κ1) is 22.5. The molecule has 2 N–H and O–H groups in total. The lowest BCUT2D eigenvalue weighted by molar-refractivity contribution is 0.0698. The molecule has 2 rings (SSSR count). The van der Waals surface area contributed by atoms with E-state index in [0.29, 0.717) is 0 Å². The highest BCUT2D eigenvalue weighted by Crippen LogP contribution is 2.27. The summed E-state index contributed by atoms with van der Waals surface area (Å²) in [5, 5.41) is 9.52. The highest BCUT2D eigenvalue weighted by atomic mass is 32.2. The molecule has 152 valence electrons. The number of thioether (sulfide) groups is 1. The number of benzene rings is 2. The lowest BCUT2D eigenvalue weighted by Crippen LogP contribution is -2.16. The van der Waals surface area contributed by atoms with E-state index in [4.69, 9.17) is 0 Å². The molecule has 0 aliphatic heterocycles. The number of anilines is 1. The zero-order chi connectivity index (χ0) is 21.3. The summed E-state index contributed by atoms with van der Waals surface area (Å²) in [6.07, 6.45) is 6.94. The van der Waals surface area contributed by atoms with E-state index in [-0.39, 0.29) is 16.2 Å². The average Bonchev–Trinajstić information content (AvgIpc) is 2.69. The summed E-state index contributed by atoms with van der Waals surface area (Å²) in [5.74, 6) is -0.410. The molecular weight excluding hydrogens is 406 g/mol. The van der Waals surface area contributed by atoms with E-state index < -0.39 is 16.0 Å². The molecule has 0 heterocycles. The Bertz CT molecular complexity index is 1030. The van der Waals surface area contributed by atoms with Gasteiger partial charge in [0, 0.05) is 10.6 Å². The molecule has 0 spiro atoms. The SMILES string of the molecule is C=C/C=C\C=C(/C)S(=O)(=O)Nc1ccc(SCCc2ccccc2)cc1C(=O)O. The van der Waals surface area contributed by atoms with Crippen molar-refractivity contribution in [2.24, 2.45) is 0 Å². The number of carboxylic acids is 1. The van der Waals surface area contributed by atoms with Crippen LogP contribution in [0.4, 0.5) is 5.69 Å². The molecule has 0 aliphatic carbocycles. The Hall–Kier alpha value is -2.77. The first-order valence-corrected chi connectivity index (χ1v) is 11.3. The van der Waals surface area contributed by atoms with Crippen LogP contribution in [0.15, 0.2) is 89.2 Å². The molecule has 0 unspecified atom stereocenters. The number of rotatable bonds is 10. The number of hydrogen-bond acceptors (Lipinski definition) is 4. The van der Waals surface area contributed by atoms with Crippen LogP contribution in [0.25, 0.3) is 0 Å². The standard InChI is InChI=1S/C22H23NO4S2/c1-3-4-6-9-17(2)29(26,27)23-21-13-12-19(16-20(21)22(24)25)28-15-14-18-10-7-5-8-11-18/h3-13,16,23H,1,14-15H2,2H3,(H,24,25)/b6-4-,17-9+.